The summed E-state index contributed by atoms with van der Waals surface area (Å²) in [7, 11) is 0. The van der Waals surface area contributed by atoms with Crippen LogP contribution in [0.2, 0.25) is 0 Å². The summed E-state index contributed by atoms with van der Waals surface area (Å²) < 4.78 is 2.09. The van der Waals surface area contributed by atoms with E-state index in [1.807, 2.05) is 24.9 Å². The molecule has 5 heteroatoms. The fraction of sp³-hybridized carbons (Fsp3) is 0.417. The first kappa shape index (κ1) is 10.4. The molecule has 2 aromatic heterocycles. The maximum absolute atomic E-state index is 4.26. The van der Waals surface area contributed by atoms with E-state index in [0.29, 0.717) is 5.92 Å². The average molecular weight is 229 g/mol. The van der Waals surface area contributed by atoms with Crippen molar-refractivity contribution in [2.45, 2.75) is 18.8 Å². The summed E-state index contributed by atoms with van der Waals surface area (Å²) in [5, 5.41) is 3.38. The quantitative estimate of drug-likeness (QED) is 0.838. The molecule has 3 heterocycles. The topological polar surface area (TPSA) is 55.6 Å². The highest BCUT2D eigenvalue weighted by molar-refractivity contribution is 5.29. The lowest BCUT2D eigenvalue weighted by Crippen LogP contribution is -2.27. The lowest BCUT2D eigenvalue weighted by Gasteiger charge is -2.23. The molecular weight excluding hydrogens is 214 g/mol. The fourth-order valence-electron chi connectivity index (χ4n) is 2.36. The molecule has 1 saturated heterocycles. The minimum Gasteiger partial charge on any atom is -0.317 e. The molecule has 0 amide bonds. The summed E-state index contributed by atoms with van der Waals surface area (Å²) in [4.78, 5) is 12.4. The number of hydrogen-bond acceptors (Lipinski definition) is 4. The van der Waals surface area contributed by atoms with Gasteiger partial charge in [-0.3, -0.25) is 4.57 Å². The summed E-state index contributed by atoms with van der Waals surface area (Å²) in [6.45, 7) is 2.17. The van der Waals surface area contributed by atoms with Gasteiger partial charge in [-0.05, 0) is 25.9 Å². The predicted octanol–water partition coefficient (Wildman–Crippen LogP) is 1.13. The molecule has 2 aromatic rings. The smallest absolute Gasteiger partial charge is 0.115 e. The van der Waals surface area contributed by atoms with Crippen molar-refractivity contribution in [1.82, 2.24) is 24.8 Å². The number of rotatable bonds is 2. The molecule has 0 spiro atoms. The van der Waals surface area contributed by atoms with Gasteiger partial charge < -0.3 is 5.32 Å². The molecule has 0 bridgehead atoms. The van der Waals surface area contributed by atoms with E-state index < -0.39 is 0 Å². The number of nitrogens with zero attached hydrogens (tertiary/aromatic N) is 4. The molecule has 88 valence electrons. The Morgan fingerprint density at radius 3 is 2.59 bits per heavy atom. The largest absolute Gasteiger partial charge is 0.317 e. The molecule has 1 fully saturated rings. The first-order valence-corrected chi connectivity index (χ1v) is 5.93. The highest BCUT2D eigenvalue weighted by Gasteiger charge is 2.19. The summed E-state index contributed by atoms with van der Waals surface area (Å²) in [5.41, 5.74) is 2.25. The minimum atomic E-state index is 0.582. The van der Waals surface area contributed by atoms with Gasteiger partial charge in [-0.2, -0.15) is 0 Å². The van der Waals surface area contributed by atoms with Crippen LogP contribution in [-0.4, -0.2) is 32.6 Å². The first-order valence-electron chi connectivity index (χ1n) is 5.93. The Balaban J connectivity index is 1.93. The zero-order valence-corrected chi connectivity index (χ0v) is 9.58. The van der Waals surface area contributed by atoms with Gasteiger partial charge in [0.15, 0.2) is 0 Å². The molecule has 1 aliphatic rings. The third-order valence-electron chi connectivity index (χ3n) is 3.25. The van der Waals surface area contributed by atoms with Crippen molar-refractivity contribution >= 4 is 0 Å². The van der Waals surface area contributed by atoms with Crippen LogP contribution < -0.4 is 5.32 Å². The highest BCUT2D eigenvalue weighted by atomic mass is 15.1. The van der Waals surface area contributed by atoms with Gasteiger partial charge in [0.25, 0.3) is 0 Å². The van der Waals surface area contributed by atoms with Crippen LogP contribution in [0.5, 0.6) is 0 Å². The molecule has 0 saturated carbocycles. The fourth-order valence-corrected chi connectivity index (χ4v) is 2.36. The molecule has 0 aliphatic carbocycles. The van der Waals surface area contributed by atoms with Crippen molar-refractivity contribution in [2.75, 3.05) is 13.1 Å². The van der Waals surface area contributed by atoms with Gasteiger partial charge in [0, 0.05) is 17.8 Å². The van der Waals surface area contributed by atoms with Crippen LogP contribution in [0.25, 0.3) is 5.69 Å². The van der Waals surface area contributed by atoms with E-state index in [1.165, 1.54) is 18.5 Å². The Morgan fingerprint density at radius 2 is 1.82 bits per heavy atom. The Morgan fingerprint density at radius 1 is 1.06 bits per heavy atom. The Bertz CT molecular complexity index is 473. The van der Waals surface area contributed by atoms with Crippen LogP contribution in [0.15, 0.2) is 31.2 Å². The van der Waals surface area contributed by atoms with Crippen LogP contribution in [0.4, 0.5) is 0 Å². The van der Waals surface area contributed by atoms with Crippen molar-refractivity contribution in [1.29, 1.82) is 0 Å². The summed E-state index contributed by atoms with van der Waals surface area (Å²) >= 11 is 0. The second-order valence-corrected chi connectivity index (χ2v) is 4.31. The lowest BCUT2D eigenvalue weighted by molar-refractivity contribution is 0.449. The number of aromatic nitrogens is 4. The van der Waals surface area contributed by atoms with E-state index in [0.717, 1.165) is 18.8 Å². The lowest BCUT2D eigenvalue weighted by atomic mass is 9.95. The van der Waals surface area contributed by atoms with Crippen LogP contribution >= 0.6 is 0 Å². The van der Waals surface area contributed by atoms with Gasteiger partial charge in [0.05, 0.1) is 24.4 Å². The molecule has 3 rings (SSSR count). The van der Waals surface area contributed by atoms with Crippen molar-refractivity contribution in [2.24, 2.45) is 0 Å². The first-order chi connectivity index (χ1) is 8.45. The van der Waals surface area contributed by atoms with Gasteiger partial charge in [0.2, 0.25) is 0 Å². The molecule has 1 N–H and O–H groups in total. The predicted molar refractivity (Wildman–Crippen MR) is 64.0 cm³/mol. The zero-order chi connectivity index (χ0) is 11.5. The third kappa shape index (κ3) is 2.06. The molecule has 0 atom stereocenters. The van der Waals surface area contributed by atoms with E-state index in [2.05, 4.69) is 24.8 Å². The number of piperidine rings is 1. The second-order valence-electron chi connectivity index (χ2n) is 4.31. The minimum absolute atomic E-state index is 0.582. The number of imidazole rings is 1. The second kappa shape index (κ2) is 4.63. The monoisotopic (exact) mass is 229 g/mol. The van der Waals surface area contributed by atoms with Crippen LogP contribution in [0.3, 0.4) is 0 Å². The molecule has 0 radical (unpaired) electrons. The van der Waals surface area contributed by atoms with E-state index in [4.69, 9.17) is 0 Å². The van der Waals surface area contributed by atoms with Crippen molar-refractivity contribution in [3.63, 3.8) is 0 Å². The SMILES string of the molecule is c1ncc(-n2cncc2C2CCNCC2)cn1. The van der Waals surface area contributed by atoms with E-state index in [-0.39, 0.29) is 0 Å². The van der Waals surface area contributed by atoms with Crippen LogP contribution in [0, 0.1) is 0 Å². The van der Waals surface area contributed by atoms with Crippen LogP contribution in [0.1, 0.15) is 24.5 Å². The number of nitrogens with one attached hydrogen (secondary N) is 1. The summed E-state index contributed by atoms with van der Waals surface area (Å²) in [6, 6.07) is 0. The highest BCUT2D eigenvalue weighted by Crippen LogP contribution is 2.26. The van der Waals surface area contributed by atoms with Crippen molar-refractivity contribution in [3.05, 3.63) is 36.9 Å². The Hall–Kier alpha value is -1.75. The Labute approximate surface area is 99.9 Å². The zero-order valence-electron chi connectivity index (χ0n) is 9.58. The standard InChI is InChI=1S/C12H15N5/c1-3-13-4-2-10(1)12-7-16-9-17(12)11-5-14-8-15-6-11/h5-10,13H,1-4H2. The summed E-state index contributed by atoms with van der Waals surface area (Å²) in [6.07, 6.45) is 11.3. The molecule has 17 heavy (non-hydrogen) atoms. The maximum atomic E-state index is 4.26. The molecule has 1 aliphatic heterocycles. The van der Waals surface area contributed by atoms with Crippen molar-refractivity contribution in [3.8, 4) is 5.69 Å². The maximum Gasteiger partial charge on any atom is 0.115 e. The van der Waals surface area contributed by atoms with E-state index in [1.54, 1.807) is 6.33 Å². The van der Waals surface area contributed by atoms with Gasteiger partial charge in [-0.1, -0.05) is 0 Å². The molecule has 0 aromatic carbocycles. The molecule has 0 unspecified atom stereocenters. The van der Waals surface area contributed by atoms with E-state index >= 15 is 0 Å². The van der Waals surface area contributed by atoms with Gasteiger partial charge in [-0.25, -0.2) is 15.0 Å². The van der Waals surface area contributed by atoms with Gasteiger partial charge in [-0.15, -0.1) is 0 Å². The summed E-state index contributed by atoms with van der Waals surface area (Å²) in [5.74, 6) is 0.582. The normalized spacial score (nSPS) is 17.2. The van der Waals surface area contributed by atoms with Gasteiger partial charge >= 0.3 is 0 Å². The van der Waals surface area contributed by atoms with E-state index in [9.17, 15) is 0 Å². The Kier molecular flexibility index (Phi) is 2.83. The number of hydrogen-bond donors (Lipinski definition) is 1. The van der Waals surface area contributed by atoms with Crippen molar-refractivity contribution < 1.29 is 0 Å². The van der Waals surface area contributed by atoms with Crippen LogP contribution in [-0.2, 0) is 0 Å². The third-order valence-corrected chi connectivity index (χ3v) is 3.25. The average Bonchev–Trinajstić information content (AvgIpc) is 2.90. The molecule has 5 nitrogen and oxygen atoms in total. The van der Waals surface area contributed by atoms with Gasteiger partial charge in [0.1, 0.15) is 6.33 Å². The molecular formula is C12H15N5.